The molecule has 1 aromatic heterocycles. The van der Waals surface area contributed by atoms with Crippen molar-refractivity contribution < 1.29 is 9.59 Å². The summed E-state index contributed by atoms with van der Waals surface area (Å²) in [7, 11) is 1.82. The molecule has 1 fully saturated rings. The molecule has 0 radical (unpaired) electrons. The van der Waals surface area contributed by atoms with Crippen molar-refractivity contribution in [2.45, 2.75) is 39.0 Å². The minimum absolute atomic E-state index is 0.0652. The fraction of sp³-hybridized carbons (Fsp3) is 0.474. The quantitative estimate of drug-likeness (QED) is 0.727. The normalized spacial score (nSPS) is 14.1. The molecule has 0 saturated heterocycles. The molecule has 0 aliphatic heterocycles. The van der Waals surface area contributed by atoms with Gasteiger partial charge in [-0.1, -0.05) is 18.9 Å². The van der Waals surface area contributed by atoms with Crippen molar-refractivity contribution in [3.8, 4) is 0 Å². The number of aromatic nitrogens is 3. The predicted octanol–water partition coefficient (Wildman–Crippen LogP) is 2.62. The second-order valence-electron chi connectivity index (χ2n) is 6.93. The second kappa shape index (κ2) is 8.66. The van der Waals surface area contributed by atoms with Crippen LogP contribution in [0, 0.1) is 12.8 Å². The van der Waals surface area contributed by atoms with Crippen LogP contribution in [0.2, 0.25) is 0 Å². The lowest BCUT2D eigenvalue weighted by Crippen LogP contribution is -2.31. The van der Waals surface area contributed by atoms with E-state index in [1.165, 1.54) is 6.33 Å². The highest BCUT2D eigenvalue weighted by molar-refractivity contribution is 5.95. The van der Waals surface area contributed by atoms with Gasteiger partial charge in [-0.3, -0.25) is 9.48 Å². The number of carbonyl (C=O) groups is 2. The molecule has 0 unspecified atom stereocenters. The van der Waals surface area contributed by atoms with Crippen LogP contribution in [0.25, 0.3) is 0 Å². The van der Waals surface area contributed by atoms with Gasteiger partial charge in [0.05, 0.1) is 0 Å². The van der Waals surface area contributed by atoms with Crippen LogP contribution in [0.3, 0.4) is 0 Å². The van der Waals surface area contributed by atoms with Crippen molar-refractivity contribution >= 4 is 23.3 Å². The number of carbonyl (C=O) groups excluding carboxylic acids is 2. The molecule has 0 bridgehead atoms. The van der Waals surface area contributed by atoms with E-state index >= 15 is 0 Å². The molecule has 8 nitrogen and oxygen atoms in total. The highest BCUT2D eigenvalue weighted by Crippen LogP contribution is 2.27. The highest BCUT2D eigenvalue weighted by Gasteiger charge is 2.22. The number of amides is 3. The third-order valence-corrected chi connectivity index (χ3v) is 4.92. The van der Waals surface area contributed by atoms with Crippen molar-refractivity contribution in [3.63, 3.8) is 0 Å². The Kier molecular flexibility index (Phi) is 6.05. The lowest BCUT2D eigenvalue weighted by atomic mass is 10.1. The zero-order valence-corrected chi connectivity index (χ0v) is 15.8. The lowest BCUT2D eigenvalue weighted by molar-refractivity contribution is -0.119. The molecule has 144 valence electrons. The summed E-state index contributed by atoms with van der Waals surface area (Å²) in [6, 6.07) is 5.25. The molecule has 0 spiro atoms. The maximum absolute atomic E-state index is 12.3. The average molecular weight is 370 g/mol. The minimum atomic E-state index is -0.292. The van der Waals surface area contributed by atoms with Gasteiger partial charge in [0.15, 0.2) is 0 Å². The largest absolute Gasteiger partial charge is 0.337 e. The monoisotopic (exact) mass is 370 g/mol. The van der Waals surface area contributed by atoms with Gasteiger partial charge in [-0.15, -0.1) is 0 Å². The van der Waals surface area contributed by atoms with Crippen LogP contribution in [-0.2, 0) is 18.3 Å². The van der Waals surface area contributed by atoms with Gasteiger partial charge in [0.1, 0.15) is 12.2 Å². The van der Waals surface area contributed by atoms with Crippen LogP contribution in [-0.4, -0.2) is 33.2 Å². The zero-order valence-electron chi connectivity index (χ0n) is 15.8. The highest BCUT2D eigenvalue weighted by atomic mass is 16.2. The Morgan fingerprint density at radius 1 is 1.22 bits per heavy atom. The number of urea groups is 1. The third kappa shape index (κ3) is 5.06. The van der Waals surface area contributed by atoms with E-state index in [2.05, 4.69) is 26.0 Å². The van der Waals surface area contributed by atoms with Gasteiger partial charge in [0, 0.05) is 37.3 Å². The van der Waals surface area contributed by atoms with Gasteiger partial charge < -0.3 is 16.0 Å². The number of nitrogens with zero attached hydrogens (tertiary/aromatic N) is 3. The fourth-order valence-corrected chi connectivity index (χ4v) is 3.27. The summed E-state index contributed by atoms with van der Waals surface area (Å²) in [6.07, 6.45) is 6.23. The Labute approximate surface area is 158 Å². The van der Waals surface area contributed by atoms with Crippen LogP contribution < -0.4 is 16.0 Å². The van der Waals surface area contributed by atoms with E-state index in [9.17, 15) is 9.59 Å². The zero-order chi connectivity index (χ0) is 19.2. The first kappa shape index (κ1) is 18.9. The summed E-state index contributed by atoms with van der Waals surface area (Å²) in [5, 5.41) is 12.6. The Bertz CT molecular complexity index is 810. The van der Waals surface area contributed by atoms with E-state index in [1.807, 2.05) is 26.1 Å². The maximum atomic E-state index is 12.3. The van der Waals surface area contributed by atoms with E-state index in [-0.39, 0.29) is 17.9 Å². The van der Waals surface area contributed by atoms with Crippen LogP contribution >= 0.6 is 0 Å². The van der Waals surface area contributed by atoms with Gasteiger partial charge in [0.25, 0.3) is 0 Å². The number of hydrogen-bond acceptors (Lipinski definition) is 4. The molecule has 1 saturated carbocycles. The van der Waals surface area contributed by atoms with Crippen LogP contribution in [0.1, 0.15) is 37.1 Å². The molecule has 3 N–H and O–H groups in total. The van der Waals surface area contributed by atoms with Crippen molar-refractivity contribution in [2.75, 3.05) is 17.2 Å². The van der Waals surface area contributed by atoms with E-state index in [0.717, 1.165) is 37.1 Å². The molecule has 2 aromatic rings. The van der Waals surface area contributed by atoms with Crippen molar-refractivity contribution in [2.24, 2.45) is 13.0 Å². The van der Waals surface area contributed by atoms with E-state index in [4.69, 9.17) is 0 Å². The van der Waals surface area contributed by atoms with E-state index in [0.29, 0.717) is 24.3 Å². The smallest absolute Gasteiger partial charge is 0.319 e. The number of benzene rings is 1. The molecule has 27 heavy (non-hydrogen) atoms. The number of rotatable bonds is 6. The minimum Gasteiger partial charge on any atom is -0.337 e. The third-order valence-electron chi connectivity index (χ3n) is 4.92. The molecule has 0 atom stereocenters. The SMILES string of the molecule is Cc1ccc(NC(=O)C2CCCC2)cc1NC(=O)NCCc1ncnn1C. The summed E-state index contributed by atoms with van der Waals surface area (Å²) in [5.41, 5.74) is 2.31. The van der Waals surface area contributed by atoms with Crippen LogP contribution in [0.4, 0.5) is 16.2 Å². The summed E-state index contributed by atoms with van der Waals surface area (Å²) in [5.74, 6) is 0.977. The summed E-state index contributed by atoms with van der Waals surface area (Å²) >= 11 is 0. The molecule has 1 aliphatic carbocycles. The molecule has 8 heteroatoms. The van der Waals surface area contributed by atoms with Gasteiger partial charge in [-0.25, -0.2) is 9.78 Å². The maximum Gasteiger partial charge on any atom is 0.319 e. The Morgan fingerprint density at radius 2 is 2.00 bits per heavy atom. The fourth-order valence-electron chi connectivity index (χ4n) is 3.27. The first-order chi connectivity index (χ1) is 13.0. The topological polar surface area (TPSA) is 101 Å². The molecular weight excluding hydrogens is 344 g/mol. The Hall–Kier alpha value is -2.90. The Morgan fingerprint density at radius 3 is 2.70 bits per heavy atom. The molecule has 1 aromatic carbocycles. The standard InChI is InChI=1S/C19H26N6O2/c1-13-7-8-15(23-18(26)14-5-3-4-6-14)11-16(13)24-19(27)20-10-9-17-21-12-22-25(17)2/h7-8,11-12,14H,3-6,9-10H2,1-2H3,(H,23,26)(H2,20,24,27). The predicted molar refractivity (Wildman–Crippen MR) is 103 cm³/mol. The van der Waals surface area contributed by atoms with Gasteiger partial charge >= 0.3 is 6.03 Å². The lowest BCUT2D eigenvalue weighted by Gasteiger charge is -2.14. The first-order valence-electron chi connectivity index (χ1n) is 9.32. The molecular formula is C19H26N6O2. The molecule has 3 amide bonds. The van der Waals surface area contributed by atoms with Crippen LogP contribution in [0.15, 0.2) is 24.5 Å². The van der Waals surface area contributed by atoms with Crippen molar-refractivity contribution in [1.82, 2.24) is 20.1 Å². The number of hydrogen-bond donors (Lipinski definition) is 3. The van der Waals surface area contributed by atoms with E-state index < -0.39 is 0 Å². The van der Waals surface area contributed by atoms with Crippen molar-refractivity contribution in [1.29, 1.82) is 0 Å². The number of aryl methyl sites for hydroxylation is 2. The molecule has 3 rings (SSSR count). The first-order valence-corrected chi connectivity index (χ1v) is 9.32. The summed E-state index contributed by atoms with van der Waals surface area (Å²) in [4.78, 5) is 28.6. The number of anilines is 2. The van der Waals surface area contributed by atoms with Crippen molar-refractivity contribution in [3.05, 3.63) is 35.9 Å². The summed E-state index contributed by atoms with van der Waals surface area (Å²) in [6.45, 7) is 2.37. The summed E-state index contributed by atoms with van der Waals surface area (Å²) < 4.78 is 1.68. The molecule has 1 aliphatic rings. The van der Waals surface area contributed by atoms with E-state index in [1.54, 1.807) is 10.7 Å². The average Bonchev–Trinajstić information content (AvgIpc) is 3.30. The number of nitrogens with one attached hydrogen (secondary N) is 3. The Balaban J connectivity index is 1.53. The second-order valence-corrected chi connectivity index (χ2v) is 6.93. The van der Waals surface area contributed by atoms with Gasteiger partial charge in [0.2, 0.25) is 5.91 Å². The van der Waals surface area contributed by atoms with Gasteiger partial charge in [-0.05, 0) is 37.5 Å². The molecule has 1 heterocycles. The van der Waals surface area contributed by atoms with Gasteiger partial charge in [-0.2, -0.15) is 5.10 Å². The van der Waals surface area contributed by atoms with Crippen LogP contribution in [0.5, 0.6) is 0 Å².